The summed E-state index contributed by atoms with van der Waals surface area (Å²) in [7, 11) is 0. The minimum Gasteiger partial charge on any atom is -0.389 e. The lowest BCUT2D eigenvalue weighted by molar-refractivity contribution is 0.199. The van der Waals surface area contributed by atoms with E-state index in [0.717, 1.165) is 5.56 Å². The third-order valence-corrected chi connectivity index (χ3v) is 2.91. The van der Waals surface area contributed by atoms with E-state index >= 15 is 0 Å². The van der Waals surface area contributed by atoms with E-state index < -0.39 is 0 Å². The third-order valence-electron chi connectivity index (χ3n) is 1.79. The van der Waals surface area contributed by atoms with Gasteiger partial charge in [0.25, 0.3) is 0 Å². The topological polar surface area (TPSA) is 20.2 Å². The molecule has 0 bridgehead atoms. The van der Waals surface area contributed by atoms with Crippen molar-refractivity contribution in [1.82, 2.24) is 0 Å². The van der Waals surface area contributed by atoms with Gasteiger partial charge in [0, 0.05) is 9.64 Å². The molecule has 1 atom stereocenters. The quantitative estimate of drug-likeness (QED) is 0.752. The van der Waals surface area contributed by atoms with Crippen molar-refractivity contribution in [2.24, 2.45) is 0 Å². The molecule has 1 aromatic carbocycles. The molecule has 1 nitrogen and oxygen atoms in total. The number of benzene rings is 1. The van der Waals surface area contributed by atoms with Gasteiger partial charge in [-0.1, -0.05) is 32.9 Å². The van der Waals surface area contributed by atoms with Crippen LogP contribution in [0.5, 0.6) is 0 Å². The van der Waals surface area contributed by atoms with Gasteiger partial charge in [-0.05, 0) is 24.6 Å². The molecule has 0 heterocycles. The van der Waals surface area contributed by atoms with E-state index in [2.05, 4.69) is 32.9 Å². The van der Waals surface area contributed by atoms with Crippen molar-refractivity contribution in [1.29, 1.82) is 0 Å². The molecule has 0 spiro atoms. The Balaban J connectivity index is 2.74. The number of thioether (sulfide) groups is 1. The third kappa shape index (κ3) is 3.72. The van der Waals surface area contributed by atoms with E-state index in [9.17, 15) is 5.11 Å². The first-order valence-corrected chi connectivity index (χ1v) is 5.67. The van der Waals surface area contributed by atoms with Crippen LogP contribution in [0.1, 0.15) is 39.4 Å². The molecule has 0 aliphatic carbocycles. The average molecular weight is 210 g/mol. The number of rotatable bonds is 2. The summed E-state index contributed by atoms with van der Waals surface area (Å²) in [6, 6.07) is 8.10. The van der Waals surface area contributed by atoms with Gasteiger partial charge in [-0.2, -0.15) is 0 Å². The molecule has 78 valence electrons. The summed E-state index contributed by atoms with van der Waals surface area (Å²) in [5.41, 5.74) is 0.975. The highest BCUT2D eigenvalue weighted by molar-refractivity contribution is 8.00. The van der Waals surface area contributed by atoms with Gasteiger partial charge in [-0.25, -0.2) is 0 Å². The van der Waals surface area contributed by atoms with Crippen LogP contribution in [0, 0.1) is 0 Å². The second kappa shape index (κ2) is 4.37. The van der Waals surface area contributed by atoms with E-state index in [1.807, 2.05) is 23.9 Å². The minimum absolute atomic E-state index is 0.242. The highest BCUT2D eigenvalue weighted by atomic mass is 32.2. The molecule has 1 N–H and O–H groups in total. The van der Waals surface area contributed by atoms with Gasteiger partial charge in [-0.15, -0.1) is 11.8 Å². The summed E-state index contributed by atoms with van der Waals surface area (Å²) >= 11 is 1.84. The standard InChI is InChI=1S/C12H18OS/c1-9(13)10-5-7-11(8-6-10)14-12(2,3)4/h5-9,13H,1-4H3. The zero-order valence-corrected chi connectivity index (χ0v) is 10.1. The monoisotopic (exact) mass is 210 g/mol. The van der Waals surface area contributed by atoms with E-state index in [1.165, 1.54) is 4.90 Å². The van der Waals surface area contributed by atoms with Crippen molar-refractivity contribution in [3.05, 3.63) is 29.8 Å². The maximum Gasteiger partial charge on any atom is 0.0761 e. The Hall–Kier alpha value is -0.470. The molecule has 0 amide bonds. The van der Waals surface area contributed by atoms with Crippen molar-refractivity contribution in [3.63, 3.8) is 0 Å². The van der Waals surface area contributed by atoms with Crippen LogP contribution >= 0.6 is 11.8 Å². The Kier molecular flexibility index (Phi) is 3.62. The Bertz CT molecular complexity index is 282. The van der Waals surface area contributed by atoms with E-state index in [0.29, 0.717) is 0 Å². The van der Waals surface area contributed by atoms with Gasteiger partial charge < -0.3 is 5.11 Å². The first kappa shape index (κ1) is 11.6. The van der Waals surface area contributed by atoms with E-state index in [1.54, 1.807) is 6.92 Å². The molecular weight excluding hydrogens is 192 g/mol. The van der Waals surface area contributed by atoms with Crippen molar-refractivity contribution in [2.45, 2.75) is 43.4 Å². The predicted octanol–water partition coefficient (Wildman–Crippen LogP) is 3.63. The predicted molar refractivity (Wildman–Crippen MR) is 62.7 cm³/mol. The Labute approximate surface area is 90.5 Å². The molecule has 14 heavy (non-hydrogen) atoms. The van der Waals surface area contributed by atoms with Crippen LogP contribution in [-0.4, -0.2) is 9.85 Å². The molecule has 0 aliphatic heterocycles. The summed E-state index contributed by atoms with van der Waals surface area (Å²) in [4.78, 5) is 1.25. The number of aliphatic hydroxyl groups is 1. The zero-order valence-electron chi connectivity index (χ0n) is 9.24. The Morgan fingerprint density at radius 1 is 1.14 bits per heavy atom. The summed E-state index contributed by atoms with van der Waals surface area (Å²) in [5.74, 6) is 0. The fourth-order valence-corrected chi connectivity index (χ4v) is 2.15. The Morgan fingerprint density at radius 2 is 1.64 bits per heavy atom. The zero-order chi connectivity index (χ0) is 10.8. The van der Waals surface area contributed by atoms with Crippen LogP contribution in [0.4, 0.5) is 0 Å². The van der Waals surface area contributed by atoms with Crippen LogP contribution in [0.3, 0.4) is 0 Å². The molecule has 1 unspecified atom stereocenters. The lowest BCUT2D eigenvalue weighted by Gasteiger charge is -2.17. The number of hydrogen-bond donors (Lipinski definition) is 1. The molecular formula is C12H18OS. The second-order valence-electron chi connectivity index (χ2n) is 4.46. The first-order chi connectivity index (χ1) is 6.38. The van der Waals surface area contributed by atoms with Crippen LogP contribution in [0.15, 0.2) is 29.2 Å². The molecule has 0 fully saturated rings. The van der Waals surface area contributed by atoms with Gasteiger partial charge in [0.15, 0.2) is 0 Å². The fraction of sp³-hybridized carbons (Fsp3) is 0.500. The molecule has 0 aromatic heterocycles. The lowest BCUT2D eigenvalue weighted by Crippen LogP contribution is -2.06. The Morgan fingerprint density at radius 3 is 2.00 bits per heavy atom. The average Bonchev–Trinajstić information content (AvgIpc) is 2.02. The molecule has 2 heteroatoms. The van der Waals surface area contributed by atoms with Crippen molar-refractivity contribution in [2.75, 3.05) is 0 Å². The number of hydrogen-bond acceptors (Lipinski definition) is 2. The molecule has 0 saturated heterocycles. The summed E-state index contributed by atoms with van der Waals surface area (Å²) in [6.45, 7) is 8.37. The van der Waals surface area contributed by atoms with Gasteiger partial charge >= 0.3 is 0 Å². The minimum atomic E-state index is -0.372. The van der Waals surface area contributed by atoms with Gasteiger partial charge in [0.05, 0.1) is 6.10 Å². The molecule has 0 aliphatic rings. The number of aliphatic hydroxyl groups excluding tert-OH is 1. The second-order valence-corrected chi connectivity index (χ2v) is 6.36. The van der Waals surface area contributed by atoms with Crippen molar-refractivity contribution >= 4 is 11.8 Å². The van der Waals surface area contributed by atoms with Crippen LogP contribution in [0.25, 0.3) is 0 Å². The van der Waals surface area contributed by atoms with Gasteiger partial charge in [0.1, 0.15) is 0 Å². The smallest absolute Gasteiger partial charge is 0.0761 e. The SMILES string of the molecule is CC(O)c1ccc(SC(C)(C)C)cc1. The van der Waals surface area contributed by atoms with Crippen LogP contribution in [0.2, 0.25) is 0 Å². The lowest BCUT2D eigenvalue weighted by atomic mass is 10.1. The normalized spacial score (nSPS) is 14.1. The van der Waals surface area contributed by atoms with Gasteiger partial charge in [0.2, 0.25) is 0 Å². The summed E-state index contributed by atoms with van der Waals surface area (Å²) in [5, 5.41) is 9.34. The molecule has 1 aromatic rings. The van der Waals surface area contributed by atoms with E-state index in [4.69, 9.17) is 0 Å². The molecule has 1 rings (SSSR count). The maximum atomic E-state index is 9.34. The highest BCUT2D eigenvalue weighted by Crippen LogP contribution is 2.32. The molecule has 0 saturated carbocycles. The van der Waals surface area contributed by atoms with Crippen molar-refractivity contribution in [3.8, 4) is 0 Å². The van der Waals surface area contributed by atoms with E-state index in [-0.39, 0.29) is 10.9 Å². The van der Waals surface area contributed by atoms with Crippen LogP contribution < -0.4 is 0 Å². The summed E-state index contributed by atoms with van der Waals surface area (Å²) in [6.07, 6.45) is -0.372. The first-order valence-electron chi connectivity index (χ1n) is 4.85. The maximum absolute atomic E-state index is 9.34. The summed E-state index contributed by atoms with van der Waals surface area (Å²) < 4.78 is 0.242. The van der Waals surface area contributed by atoms with Crippen molar-refractivity contribution < 1.29 is 5.11 Å². The highest BCUT2D eigenvalue weighted by Gasteiger charge is 2.11. The fourth-order valence-electron chi connectivity index (χ4n) is 1.17. The van der Waals surface area contributed by atoms with Gasteiger partial charge in [-0.3, -0.25) is 0 Å². The molecule has 0 radical (unpaired) electrons. The largest absolute Gasteiger partial charge is 0.389 e. The van der Waals surface area contributed by atoms with Crippen LogP contribution in [-0.2, 0) is 0 Å².